The van der Waals surface area contributed by atoms with Gasteiger partial charge >= 0.3 is 6.18 Å². The molecule has 0 atom stereocenters. The Kier molecular flexibility index (Phi) is 6.28. The van der Waals surface area contributed by atoms with E-state index in [2.05, 4.69) is 4.72 Å². The van der Waals surface area contributed by atoms with Crippen LogP contribution in [0.1, 0.15) is 43.2 Å². The van der Waals surface area contributed by atoms with Crippen LogP contribution in [0.25, 0.3) is 0 Å². The van der Waals surface area contributed by atoms with Gasteiger partial charge in [-0.25, -0.2) is 4.72 Å². The lowest BCUT2D eigenvalue weighted by molar-refractivity contribution is -0.137. The van der Waals surface area contributed by atoms with Gasteiger partial charge in [-0.2, -0.15) is 25.9 Å². The number of alkyl halides is 3. The number of halogens is 3. The zero-order valence-corrected chi connectivity index (χ0v) is 14.5. The van der Waals surface area contributed by atoms with Crippen LogP contribution in [0.15, 0.2) is 24.3 Å². The molecule has 0 spiro atoms. The van der Waals surface area contributed by atoms with Crippen LogP contribution >= 0.6 is 0 Å². The summed E-state index contributed by atoms with van der Waals surface area (Å²) in [4.78, 5) is 0. The maximum atomic E-state index is 12.5. The first-order valence-electron chi connectivity index (χ1n) is 8.09. The molecule has 1 aromatic rings. The van der Waals surface area contributed by atoms with E-state index in [1.165, 1.54) is 16.4 Å². The van der Waals surface area contributed by atoms with Crippen LogP contribution in [0, 0.1) is 0 Å². The molecule has 1 saturated carbocycles. The summed E-state index contributed by atoms with van der Waals surface area (Å²) in [6.45, 7) is 0.157. The first-order chi connectivity index (χ1) is 11.2. The maximum absolute atomic E-state index is 12.5. The summed E-state index contributed by atoms with van der Waals surface area (Å²) >= 11 is 0. The molecule has 0 unspecified atom stereocenters. The van der Waals surface area contributed by atoms with Gasteiger partial charge in [-0.05, 0) is 37.0 Å². The van der Waals surface area contributed by atoms with Gasteiger partial charge < -0.3 is 0 Å². The highest BCUT2D eigenvalue weighted by Crippen LogP contribution is 2.29. The maximum Gasteiger partial charge on any atom is 0.416 e. The lowest BCUT2D eigenvalue weighted by atomic mass is 9.96. The van der Waals surface area contributed by atoms with Crippen LogP contribution in [0.3, 0.4) is 0 Å². The van der Waals surface area contributed by atoms with Gasteiger partial charge in [-0.3, -0.25) is 0 Å². The average Bonchev–Trinajstić information content (AvgIpc) is 2.54. The molecule has 2 rings (SSSR count). The number of nitrogens with zero attached hydrogens (tertiary/aromatic N) is 1. The first-order valence-corrected chi connectivity index (χ1v) is 9.53. The monoisotopic (exact) mass is 364 g/mol. The van der Waals surface area contributed by atoms with Crippen molar-refractivity contribution in [1.29, 1.82) is 0 Å². The van der Waals surface area contributed by atoms with Crippen molar-refractivity contribution in [1.82, 2.24) is 9.03 Å². The first kappa shape index (κ1) is 19.2. The molecule has 0 heterocycles. The topological polar surface area (TPSA) is 49.4 Å². The van der Waals surface area contributed by atoms with Crippen molar-refractivity contribution in [2.75, 3.05) is 13.6 Å². The summed E-state index contributed by atoms with van der Waals surface area (Å²) < 4.78 is 65.9. The normalized spacial score (nSPS) is 17.4. The summed E-state index contributed by atoms with van der Waals surface area (Å²) in [6.07, 6.45) is 0.948. The van der Waals surface area contributed by atoms with E-state index in [1.54, 1.807) is 7.05 Å². The fourth-order valence-corrected chi connectivity index (χ4v) is 4.09. The van der Waals surface area contributed by atoms with Crippen molar-refractivity contribution in [3.05, 3.63) is 35.4 Å². The standard InChI is InChI=1S/C16H23F3N2O2S/c1-21(15-5-3-2-4-6-15)24(22,23)20-12-11-13-7-9-14(10-8-13)16(17,18)19/h7-10,15,20H,2-6,11-12H2,1H3. The minimum absolute atomic E-state index is 0.0299. The Morgan fingerprint density at radius 3 is 2.25 bits per heavy atom. The smallest absolute Gasteiger partial charge is 0.202 e. The number of benzene rings is 1. The van der Waals surface area contributed by atoms with Crippen molar-refractivity contribution in [2.45, 2.75) is 50.7 Å². The second kappa shape index (κ2) is 7.84. The zero-order chi connectivity index (χ0) is 17.8. The van der Waals surface area contributed by atoms with Crippen LogP contribution in [0.4, 0.5) is 13.2 Å². The molecule has 1 N–H and O–H groups in total. The Balaban J connectivity index is 1.86. The van der Waals surface area contributed by atoms with E-state index >= 15 is 0 Å². The third-order valence-electron chi connectivity index (χ3n) is 4.45. The summed E-state index contributed by atoms with van der Waals surface area (Å²) in [7, 11) is -1.98. The van der Waals surface area contributed by atoms with Crippen LogP contribution in [-0.2, 0) is 22.8 Å². The highest BCUT2D eigenvalue weighted by atomic mass is 32.2. The average molecular weight is 364 g/mol. The molecule has 0 amide bonds. The molecule has 0 saturated heterocycles. The van der Waals surface area contributed by atoms with Crippen molar-refractivity contribution >= 4 is 10.2 Å². The number of hydrogen-bond donors (Lipinski definition) is 1. The molecule has 136 valence electrons. The van der Waals surface area contributed by atoms with E-state index in [0.717, 1.165) is 44.2 Å². The second-order valence-corrected chi connectivity index (χ2v) is 7.97. The van der Waals surface area contributed by atoms with E-state index in [1.807, 2.05) is 0 Å². The molecule has 0 aromatic heterocycles. The van der Waals surface area contributed by atoms with Gasteiger partial charge in [0.15, 0.2) is 0 Å². The van der Waals surface area contributed by atoms with E-state index < -0.39 is 21.9 Å². The molecule has 1 aliphatic rings. The lowest BCUT2D eigenvalue weighted by Crippen LogP contribution is -2.45. The highest BCUT2D eigenvalue weighted by molar-refractivity contribution is 7.87. The predicted molar refractivity (Wildman–Crippen MR) is 86.7 cm³/mol. The highest BCUT2D eigenvalue weighted by Gasteiger charge is 2.30. The Morgan fingerprint density at radius 2 is 1.71 bits per heavy atom. The van der Waals surface area contributed by atoms with Gasteiger partial charge in [0.1, 0.15) is 0 Å². The minimum atomic E-state index is -4.36. The fraction of sp³-hybridized carbons (Fsp3) is 0.625. The van der Waals surface area contributed by atoms with Crippen molar-refractivity contribution < 1.29 is 21.6 Å². The van der Waals surface area contributed by atoms with Gasteiger partial charge in [0.05, 0.1) is 5.56 Å². The second-order valence-electron chi connectivity index (χ2n) is 6.15. The largest absolute Gasteiger partial charge is 0.416 e. The number of rotatable bonds is 6. The molecule has 0 bridgehead atoms. The van der Waals surface area contributed by atoms with E-state index in [0.29, 0.717) is 12.0 Å². The quantitative estimate of drug-likeness (QED) is 0.842. The van der Waals surface area contributed by atoms with Gasteiger partial charge in [-0.15, -0.1) is 0 Å². The molecule has 24 heavy (non-hydrogen) atoms. The van der Waals surface area contributed by atoms with Gasteiger partial charge in [0, 0.05) is 19.6 Å². The summed E-state index contributed by atoms with van der Waals surface area (Å²) in [6, 6.07) is 4.81. The summed E-state index contributed by atoms with van der Waals surface area (Å²) in [5.74, 6) is 0. The fourth-order valence-electron chi connectivity index (χ4n) is 2.93. The zero-order valence-electron chi connectivity index (χ0n) is 13.6. The van der Waals surface area contributed by atoms with Crippen LogP contribution in [-0.4, -0.2) is 32.4 Å². The lowest BCUT2D eigenvalue weighted by Gasteiger charge is -2.30. The van der Waals surface area contributed by atoms with Crippen LogP contribution in [0.2, 0.25) is 0 Å². The van der Waals surface area contributed by atoms with Crippen molar-refractivity contribution in [3.8, 4) is 0 Å². The van der Waals surface area contributed by atoms with E-state index in [-0.39, 0.29) is 12.6 Å². The molecule has 0 radical (unpaired) electrons. The molecular formula is C16H23F3N2O2S. The number of nitrogens with one attached hydrogen (secondary N) is 1. The third-order valence-corrected chi connectivity index (χ3v) is 6.07. The minimum Gasteiger partial charge on any atom is -0.202 e. The van der Waals surface area contributed by atoms with Gasteiger partial charge in [-0.1, -0.05) is 31.4 Å². The summed E-state index contributed by atoms with van der Waals surface area (Å²) in [5.41, 5.74) is -0.0464. The Labute approximate surface area is 141 Å². The number of hydrogen-bond acceptors (Lipinski definition) is 2. The SMILES string of the molecule is CN(C1CCCCC1)S(=O)(=O)NCCc1ccc(C(F)(F)F)cc1. The van der Waals surface area contributed by atoms with E-state index in [4.69, 9.17) is 0 Å². The van der Waals surface area contributed by atoms with Gasteiger partial charge in [0.2, 0.25) is 0 Å². The van der Waals surface area contributed by atoms with Gasteiger partial charge in [0.25, 0.3) is 10.2 Å². The Bertz CT molecular complexity index is 624. The molecule has 1 fully saturated rings. The van der Waals surface area contributed by atoms with E-state index in [9.17, 15) is 21.6 Å². The van der Waals surface area contributed by atoms with Crippen LogP contribution < -0.4 is 4.72 Å². The van der Waals surface area contributed by atoms with Crippen molar-refractivity contribution in [3.63, 3.8) is 0 Å². The van der Waals surface area contributed by atoms with Crippen molar-refractivity contribution in [2.24, 2.45) is 0 Å². The molecule has 1 aliphatic carbocycles. The van der Waals surface area contributed by atoms with Crippen LogP contribution in [0.5, 0.6) is 0 Å². The summed E-state index contributed by atoms with van der Waals surface area (Å²) in [5, 5.41) is 0. The predicted octanol–water partition coefficient (Wildman–Crippen LogP) is 3.35. The molecular weight excluding hydrogens is 341 g/mol. The molecule has 1 aromatic carbocycles. The Hall–Kier alpha value is -1.12. The third kappa shape index (κ3) is 5.19. The molecule has 0 aliphatic heterocycles. The Morgan fingerprint density at radius 1 is 1.12 bits per heavy atom. The molecule has 4 nitrogen and oxygen atoms in total. The molecule has 8 heteroatoms.